The van der Waals surface area contributed by atoms with Gasteiger partial charge in [-0.1, -0.05) is 29.8 Å². The van der Waals surface area contributed by atoms with E-state index in [1.54, 1.807) is 0 Å². The van der Waals surface area contributed by atoms with Gasteiger partial charge in [-0.3, -0.25) is 4.79 Å². The lowest BCUT2D eigenvalue weighted by molar-refractivity contribution is -0.125. The fraction of sp³-hybridized carbons (Fsp3) is 0.533. The van der Waals surface area contributed by atoms with Gasteiger partial charge < -0.3 is 16.2 Å². The van der Waals surface area contributed by atoms with E-state index in [0.29, 0.717) is 0 Å². The maximum absolute atomic E-state index is 11.9. The van der Waals surface area contributed by atoms with Crippen molar-refractivity contribution >= 4 is 18.3 Å². The molecule has 112 valence electrons. The Balaban J connectivity index is 0.00000200. The summed E-state index contributed by atoms with van der Waals surface area (Å²) < 4.78 is 0. The summed E-state index contributed by atoms with van der Waals surface area (Å²) in [6.07, 6.45) is 1.87. The number of amides is 1. The largest absolute Gasteiger partial charge is 0.387 e. The molecule has 3 unspecified atom stereocenters. The third kappa shape index (κ3) is 4.47. The van der Waals surface area contributed by atoms with Crippen LogP contribution in [0, 0.1) is 12.8 Å². The summed E-state index contributed by atoms with van der Waals surface area (Å²) >= 11 is 0. The summed E-state index contributed by atoms with van der Waals surface area (Å²) in [7, 11) is 0. The summed E-state index contributed by atoms with van der Waals surface area (Å²) in [4.78, 5) is 11.9. The summed E-state index contributed by atoms with van der Waals surface area (Å²) in [6.45, 7) is 2.26. The number of halogens is 1. The standard InChI is InChI=1S/C15H22N2O2.ClH/c1-10-2-4-11(5-3-10)14(18)9-17-15(19)12-6-7-13(16)8-12;/h2-5,12-14,18H,6-9,16H2,1H3,(H,17,19);1H. The smallest absolute Gasteiger partial charge is 0.223 e. The Bertz CT molecular complexity index is 436. The van der Waals surface area contributed by atoms with Gasteiger partial charge in [-0.2, -0.15) is 0 Å². The summed E-state index contributed by atoms with van der Waals surface area (Å²) in [5.74, 6) is 0.0272. The minimum atomic E-state index is -0.653. The van der Waals surface area contributed by atoms with Gasteiger partial charge >= 0.3 is 0 Å². The molecule has 3 atom stereocenters. The minimum Gasteiger partial charge on any atom is -0.387 e. The molecule has 1 aromatic rings. The van der Waals surface area contributed by atoms with Crippen LogP contribution >= 0.6 is 12.4 Å². The molecule has 1 amide bonds. The zero-order valence-electron chi connectivity index (χ0n) is 11.7. The van der Waals surface area contributed by atoms with E-state index >= 15 is 0 Å². The van der Waals surface area contributed by atoms with E-state index in [-0.39, 0.29) is 36.8 Å². The monoisotopic (exact) mass is 298 g/mol. The lowest BCUT2D eigenvalue weighted by Gasteiger charge is -2.15. The summed E-state index contributed by atoms with van der Waals surface area (Å²) in [5.41, 5.74) is 7.78. The molecule has 20 heavy (non-hydrogen) atoms. The number of aliphatic hydroxyl groups is 1. The van der Waals surface area contributed by atoms with E-state index in [9.17, 15) is 9.90 Å². The highest BCUT2D eigenvalue weighted by molar-refractivity contribution is 5.85. The molecule has 0 aliphatic heterocycles. The number of nitrogens with one attached hydrogen (secondary N) is 1. The van der Waals surface area contributed by atoms with Crippen molar-refractivity contribution in [2.45, 2.75) is 38.3 Å². The molecule has 0 radical (unpaired) electrons. The zero-order chi connectivity index (χ0) is 13.8. The third-order valence-corrected chi connectivity index (χ3v) is 3.78. The highest BCUT2D eigenvalue weighted by atomic mass is 35.5. The number of carbonyl (C=O) groups is 1. The Labute approximate surface area is 126 Å². The highest BCUT2D eigenvalue weighted by Gasteiger charge is 2.27. The fourth-order valence-electron chi connectivity index (χ4n) is 2.50. The molecule has 0 saturated heterocycles. The van der Waals surface area contributed by atoms with Gasteiger partial charge in [0.1, 0.15) is 0 Å². The number of aliphatic hydroxyl groups excluding tert-OH is 1. The minimum absolute atomic E-state index is 0. The molecule has 5 heteroatoms. The molecule has 1 aliphatic rings. The van der Waals surface area contributed by atoms with Crippen LogP contribution in [0.15, 0.2) is 24.3 Å². The van der Waals surface area contributed by atoms with Crippen LogP contribution in [0.1, 0.15) is 36.5 Å². The maximum atomic E-state index is 11.9. The number of hydrogen-bond donors (Lipinski definition) is 3. The average Bonchev–Trinajstić information content (AvgIpc) is 2.83. The second-order valence-electron chi connectivity index (χ2n) is 5.44. The van der Waals surface area contributed by atoms with Crippen LogP contribution in [0.3, 0.4) is 0 Å². The van der Waals surface area contributed by atoms with E-state index in [0.717, 1.165) is 30.4 Å². The Morgan fingerprint density at radius 2 is 2.05 bits per heavy atom. The molecule has 1 aliphatic carbocycles. The number of rotatable bonds is 4. The molecular weight excluding hydrogens is 276 g/mol. The molecule has 1 aromatic carbocycles. The van der Waals surface area contributed by atoms with Crippen molar-refractivity contribution < 1.29 is 9.90 Å². The predicted molar refractivity (Wildman–Crippen MR) is 81.7 cm³/mol. The van der Waals surface area contributed by atoms with Crippen LogP contribution in [0.2, 0.25) is 0 Å². The molecule has 1 saturated carbocycles. The van der Waals surface area contributed by atoms with Crippen molar-refractivity contribution in [3.05, 3.63) is 35.4 Å². The number of benzene rings is 1. The molecule has 0 bridgehead atoms. The van der Waals surface area contributed by atoms with Crippen molar-refractivity contribution in [1.82, 2.24) is 5.32 Å². The molecule has 4 nitrogen and oxygen atoms in total. The lowest BCUT2D eigenvalue weighted by atomic mass is 10.1. The first-order valence-electron chi connectivity index (χ1n) is 6.84. The van der Waals surface area contributed by atoms with Crippen molar-refractivity contribution in [1.29, 1.82) is 0 Å². The normalized spacial score (nSPS) is 22.9. The highest BCUT2D eigenvalue weighted by Crippen LogP contribution is 2.24. The van der Waals surface area contributed by atoms with Crippen LogP contribution in [0.25, 0.3) is 0 Å². The summed E-state index contributed by atoms with van der Waals surface area (Å²) in [5, 5.41) is 12.8. The van der Waals surface area contributed by atoms with E-state index in [1.807, 2.05) is 31.2 Å². The van der Waals surface area contributed by atoms with Crippen LogP contribution < -0.4 is 11.1 Å². The average molecular weight is 299 g/mol. The van der Waals surface area contributed by atoms with Gasteiger partial charge in [0.25, 0.3) is 0 Å². The van der Waals surface area contributed by atoms with Crippen LogP contribution in [0.5, 0.6) is 0 Å². The second-order valence-corrected chi connectivity index (χ2v) is 5.44. The molecule has 0 spiro atoms. The Kier molecular flexibility index (Phi) is 6.46. The van der Waals surface area contributed by atoms with Gasteiger partial charge in [0.15, 0.2) is 0 Å². The molecule has 1 fully saturated rings. The third-order valence-electron chi connectivity index (χ3n) is 3.78. The van der Waals surface area contributed by atoms with Gasteiger partial charge in [-0.25, -0.2) is 0 Å². The van der Waals surface area contributed by atoms with Crippen LogP contribution in [0.4, 0.5) is 0 Å². The Morgan fingerprint density at radius 3 is 2.60 bits per heavy atom. The van der Waals surface area contributed by atoms with E-state index in [4.69, 9.17) is 5.73 Å². The SMILES string of the molecule is Cc1ccc(C(O)CNC(=O)C2CCC(N)C2)cc1.Cl. The zero-order valence-corrected chi connectivity index (χ0v) is 12.5. The van der Waals surface area contributed by atoms with Gasteiger partial charge in [0, 0.05) is 18.5 Å². The first kappa shape index (κ1) is 17.0. The van der Waals surface area contributed by atoms with E-state index in [1.165, 1.54) is 0 Å². The molecule has 0 heterocycles. The second kappa shape index (κ2) is 7.62. The maximum Gasteiger partial charge on any atom is 0.223 e. The topological polar surface area (TPSA) is 75.3 Å². The first-order chi connectivity index (χ1) is 9.06. The lowest BCUT2D eigenvalue weighted by Crippen LogP contribution is -2.33. The van der Waals surface area contributed by atoms with Crippen molar-refractivity contribution in [2.75, 3.05) is 6.54 Å². The predicted octanol–water partition coefficient (Wildman–Crippen LogP) is 1.69. The van der Waals surface area contributed by atoms with Gasteiger partial charge in [-0.05, 0) is 31.7 Å². The first-order valence-corrected chi connectivity index (χ1v) is 6.84. The van der Waals surface area contributed by atoms with Gasteiger partial charge in [0.2, 0.25) is 5.91 Å². The number of carbonyl (C=O) groups excluding carboxylic acids is 1. The molecule has 4 N–H and O–H groups in total. The van der Waals surface area contributed by atoms with Crippen molar-refractivity contribution in [3.63, 3.8) is 0 Å². The molecule has 2 rings (SSSR count). The van der Waals surface area contributed by atoms with Crippen LogP contribution in [-0.4, -0.2) is 23.6 Å². The summed E-state index contributed by atoms with van der Waals surface area (Å²) in [6, 6.07) is 7.83. The van der Waals surface area contributed by atoms with Crippen molar-refractivity contribution in [2.24, 2.45) is 11.7 Å². The van der Waals surface area contributed by atoms with Crippen molar-refractivity contribution in [3.8, 4) is 0 Å². The van der Waals surface area contributed by atoms with Gasteiger partial charge in [-0.15, -0.1) is 12.4 Å². The Hall–Kier alpha value is -1.10. The number of hydrogen-bond acceptors (Lipinski definition) is 3. The Morgan fingerprint density at radius 1 is 1.40 bits per heavy atom. The molecular formula is C15H23ClN2O2. The fourth-order valence-corrected chi connectivity index (χ4v) is 2.50. The van der Waals surface area contributed by atoms with Crippen LogP contribution in [-0.2, 0) is 4.79 Å². The molecule has 0 aromatic heterocycles. The quantitative estimate of drug-likeness (QED) is 0.792. The van der Waals surface area contributed by atoms with E-state index in [2.05, 4.69) is 5.32 Å². The number of aryl methyl sites for hydroxylation is 1. The number of nitrogens with two attached hydrogens (primary N) is 1. The van der Waals surface area contributed by atoms with E-state index < -0.39 is 6.10 Å². The van der Waals surface area contributed by atoms with Gasteiger partial charge in [0.05, 0.1) is 6.10 Å².